The van der Waals surface area contributed by atoms with Crippen molar-refractivity contribution in [2.45, 2.75) is 26.3 Å². The smallest absolute Gasteiger partial charge is 0.337 e. The monoisotopic (exact) mass is 292 g/mol. The average molecular weight is 292 g/mol. The molecule has 21 heavy (non-hydrogen) atoms. The SMILES string of the molecule is CC(C)c1nc2c(C(=O)O)cccc2n1CCOCCO. The summed E-state index contributed by atoms with van der Waals surface area (Å²) >= 11 is 0. The molecule has 6 heteroatoms. The lowest BCUT2D eigenvalue weighted by Crippen LogP contribution is -2.12. The third kappa shape index (κ3) is 3.22. The second kappa shape index (κ2) is 6.69. The third-order valence-electron chi connectivity index (χ3n) is 3.25. The van der Waals surface area contributed by atoms with E-state index < -0.39 is 5.97 Å². The maximum atomic E-state index is 11.3. The van der Waals surface area contributed by atoms with Gasteiger partial charge in [0.05, 0.1) is 30.9 Å². The van der Waals surface area contributed by atoms with Crippen molar-refractivity contribution in [2.24, 2.45) is 0 Å². The molecule has 0 saturated carbocycles. The zero-order valence-corrected chi connectivity index (χ0v) is 12.2. The first-order chi connectivity index (χ1) is 10.1. The second-order valence-electron chi connectivity index (χ2n) is 5.09. The molecular formula is C15H20N2O4. The lowest BCUT2D eigenvalue weighted by atomic mass is 10.2. The molecule has 114 valence electrons. The van der Waals surface area contributed by atoms with E-state index in [0.717, 1.165) is 11.3 Å². The van der Waals surface area contributed by atoms with Crippen molar-refractivity contribution in [2.75, 3.05) is 19.8 Å². The normalized spacial score (nSPS) is 11.4. The number of ether oxygens (including phenoxy) is 1. The molecule has 0 bridgehead atoms. The van der Waals surface area contributed by atoms with E-state index in [-0.39, 0.29) is 18.1 Å². The summed E-state index contributed by atoms with van der Waals surface area (Å²) < 4.78 is 7.29. The van der Waals surface area contributed by atoms with Gasteiger partial charge in [-0.2, -0.15) is 0 Å². The van der Waals surface area contributed by atoms with Gasteiger partial charge in [0, 0.05) is 12.5 Å². The van der Waals surface area contributed by atoms with Gasteiger partial charge >= 0.3 is 5.97 Å². The summed E-state index contributed by atoms with van der Waals surface area (Å²) in [4.78, 5) is 15.8. The first kappa shape index (κ1) is 15.5. The Labute approximate surface area is 123 Å². The number of fused-ring (bicyclic) bond motifs is 1. The maximum absolute atomic E-state index is 11.3. The predicted molar refractivity (Wildman–Crippen MR) is 78.7 cm³/mol. The van der Waals surface area contributed by atoms with Crippen LogP contribution < -0.4 is 0 Å². The van der Waals surface area contributed by atoms with E-state index in [1.54, 1.807) is 12.1 Å². The number of carboxylic acids is 1. The van der Waals surface area contributed by atoms with Gasteiger partial charge in [-0.25, -0.2) is 9.78 Å². The molecule has 0 amide bonds. The molecule has 1 heterocycles. The third-order valence-corrected chi connectivity index (χ3v) is 3.25. The number of hydrogen-bond donors (Lipinski definition) is 2. The Bertz CT molecular complexity index is 634. The van der Waals surface area contributed by atoms with Crippen LogP contribution in [0.15, 0.2) is 18.2 Å². The molecule has 2 rings (SSSR count). The summed E-state index contributed by atoms with van der Waals surface area (Å²) in [6, 6.07) is 5.16. The van der Waals surface area contributed by atoms with Crippen molar-refractivity contribution in [3.63, 3.8) is 0 Å². The van der Waals surface area contributed by atoms with E-state index >= 15 is 0 Å². The number of para-hydroxylation sites is 1. The molecule has 0 radical (unpaired) electrons. The molecule has 1 aromatic heterocycles. The molecule has 0 unspecified atom stereocenters. The zero-order valence-electron chi connectivity index (χ0n) is 12.2. The number of aliphatic hydroxyl groups is 1. The summed E-state index contributed by atoms with van der Waals surface area (Å²) in [6.45, 7) is 5.35. The minimum absolute atomic E-state index is 0.00905. The standard InChI is InChI=1S/C15H20N2O4/c1-10(2)14-16-13-11(15(19)20)4-3-5-12(13)17(14)6-8-21-9-7-18/h3-5,10,18H,6-9H2,1-2H3,(H,19,20). The van der Waals surface area contributed by atoms with Gasteiger partial charge in [0.15, 0.2) is 0 Å². The van der Waals surface area contributed by atoms with Crippen LogP contribution in [-0.2, 0) is 11.3 Å². The van der Waals surface area contributed by atoms with E-state index in [1.165, 1.54) is 0 Å². The van der Waals surface area contributed by atoms with Gasteiger partial charge in [0.1, 0.15) is 11.3 Å². The van der Waals surface area contributed by atoms with Gasteiger partial charge in [0.25, 0.3) is 0 Å². The number of nitrogens with zero attached hydrogens (tertiary/aromatic N) is 2. The second-order valence-corrected chi connectivity index (χ2v) is 5.09. The molecule has 6 nitrogen and oxygen atoms in total. The van der Waals surface area contributed by atoms with Gasteiger partial charge < -0.3 is 19.5 Å². The van der Waals surface area contributed by atoms with Crippen LogP contribution in [0.4, 0.5) is 0 Å². The number of carbonyl (C=O) groups is 1. The van der Waals surface area contributed by atoms with Gasteiger partial charge in [-0.05, 0) is 12.1 Å². The fourth-order valence-corrected chi connectivity index (χ4v) is 2.34. The quantitative estimate of drug-likeness (QED) is 0.761. The number of aliphatic hydroxyl groups excluding tert-OH is 1. The van der Waals surface area contributed by atoms with Crippen molar-refractivity contribution >= 4 is 17.0 Å². The van der Waals surface area contributed by atoms with Crippen LogP contribution >= 0.6 is 0 Å². The minimum Gasteiger partial charge on any atom is -0.478 e. The summed E-state index contributed by atoms with van der Waals surface area (Å²) in [6.07, 6.45) is 0. The molecule has 0 aliphatic carbocycles. The average Bonchev–Trinajstić information content (AvgIpc) is 2.82. The highest BCUT2D eigenvalue weighted by Crippen LogP contribution is 2.24. The highest BCUT2D eigenvalue weighted by molar-refractivity contribution is 6.01. The Balaban J connectivity index is 2.43. The number of aromatic carboxylic acids is 1. The fraction of sp³-hybridized carbons (Fsp3) is 0.467. The van der Waals surface area contributed by atoms with Gasteiger partial charge in [0.2, 0.25) is 0 Å². The lowest BCUT2D eigenvalue weighted by Gasteiger charge is -2.11. The Morgan fingerprint density at radius 3 is 2.76 bits per heavy atom. The topological polar surface area (TPSA) is 84.6 Å². The number of hydrogen-bond acceptors (Lipinski definition) is 4. The van der Waals surface area contributed by atoms with Crippen LogP contribution in [0.5, 0.6) is 0 Å². The number of rotatable bonds is 7. The van der Waals surface area contributed by atoms with Gasteiger partial charge in [-0.1, -0.05) is 19.9 Å². The molecular weight excluding hydrogens is 272 g/mol. The number of imidazole rings is 1. The zero-order chi connectivity index (χ0) is 15.4. The van der Waals surface area contributed by atoms with Crippen LogP contribution in [-0.4, -0.2) is 45.6 Å². The van der Waals surface area contributed by atoms with Crippen LogP contribution in [0.25, 0.3) is 11.0 Å². The molecule has 0 aliphatic rings. The van der Waals surface area contributed by atoms with Crippen LogP contribution in [0, 0.1) is 0 Å². The first-order valence-corrected chi connectivity index (χ1v) is 6.97. The molecule has 0 saturated heterocycles. The Kier molecular flexibility index (Phi) is 4.93. The first-order valence-electron chi connectivity index (χ1n) is 6.97. The van der Waals surface area contributed by atoms with E-state index in [2.05, 4.69) is 4.98 Å². The van der Waals surface area contributed by atoms with Crippen LogP contribution in [0.3, 0.4) is 0 Å². The van der Waals surface area contributed by atoms with Gasteiger partial charge in [-0.15, -0.1) is 0 Å². The molecule has 0 atom stereocenters. The molecule has 0 aliphatic heterocycles. The van der Waals surface area contributed by atoms with Crippen molar-refractivity contribution in [3.8, 4) is 0 Å². The van der Waals surface area contributed by atoms with Crippen molar-refractivity contribution in [1.82, 2.24) is 9.55 Å². The summed E-state index contributed by atoms with van der Waals surface area (Å²) in [5.74, 6) is 0.0419. The van der Waals surface area contributed by atoms with Crippen LogP contribution in [0.2, 0.25) is 0 Å². The minimum atomic E-state index is -0.975. The molecule has 0 spiro atoms. The lowest BCUT2D eigenvalue weighted by molar-refractivity contribution is 0.0699. The summed E-state index contributed by atoms with van der Waals surface area (Å²) in [7, 11) is 0. The Morgan fingerprint density at radius 2 is 2.14 bits per heavy atom. The van der Waals surface area contributed by atoms with E-state index in [1.807, 2.05) is 24.5 Å². The van der Waals surface area contributed by atoms with Gasteiger partial charge in [-0.3, -0.25) is 0 Å². The molecule has 0 fully saturated rings. The number of benzene rings is 1. The van der Waals surface area contributed by atoms with Crippen molar-refractivity contribution in [3.05, 3.63) is 29.6 Å². The highest BCUT2D eigenvalue weighted by atomic mass is 16.5. The largest absolute Gasteiger partial charge is 0.478 e. The summed E-state index contributed by atoms with van der Waals surface area (Å²) in [5, 5.41) is 18.0. The maximum Gasteiger partial charge on any atom is 0.337 e. The molecule has 2 aromatic rings. The fourth-order valence-electron chi connectivity index (χ4n) is 2.34. The van der Waals surface area contributed by atoms with E-state index in [0.29, 0.717) is 25.3 Å². The van der Waals surface area contributed by atoms with Crippen molar-refractivity contribution in [1.29, 1.82) is 0 Å². The van der Waals surface area contributed by atoms with Crippen molar-refractivity contribution < 1.29 is 19.7 Å². The molecule has 1 aromatic carbocycles. The van der Waals surface area contributed by atoms with E-state index in [9.17, 15) is 9.90 Å². The Hall–Kier alpha value is -1.92. The summed E-state index contributed by atoms with van der Waals surface area (Å²) in [5.41, 5.74) is 1.52. The number of aromatic nitrogens is 2. The highest BCUT2D eigenvalue weighted by Gasteiger charge is 2.18. The predicted octanol–water partition coefficient (Wildman–Crippen LogP) is 1.87. The van der Waals surface area contributed by atoms with Crippen LogP contribution in [0.1, 0.15) is 35.9 Å². The number of carboxylic acid groups (broad SMARTS) is 1. The molecule has 2 N–H and O–H groups in total. The van der Waals surface area contributed by atoms with E-state index in [4.69, 9.17) is 9.84 Å². The Morgan fingerprint density at radius 1 is 1.38 bits per heavy atom.